The molecule has 5 N–H and O–H groups in total. The van der Waals surface area contributed by atoms with Gasteiger partial charge in [0.1, 0.15) is 12.6 Å². The van der Waals surface area contributed by atoms with E-state index in [1.165, 1.54) is 30.0 Å². The van der Waals surface area contributed by atoms with E-state index in [2.05, 4.69) is 15.6 Å². The second-order valence-corrected chi connectivity index (χ2v) is 16.4. The van der Waals surface area contributed by atoms with Gasteiger partial charge in [0, 0.05) is 25.4 Å². The van der Waals surface area contributed by atoms with E-state index in [1.807, 2.05) is 44.2 Å². The fraction of sp³-hybridized carbons (Fsp3) is 0.441. The molecule has 2 heterocycles. The monoisotopic (exact) mass is 761 g/mol. The Hall–Kier alpha value is -4.09. The fourth-order valence-corrected chi connectivity index (χ4v) is 8.27. The predicted octanol–water partition coefficient (Wildman–Crippen LogP) is 3.56. The van der Waals surface area contributed by atoms with Gasteiger partial charge in [0.05, 0.1) is 40.0 Å². The van der Waals surface area contributed by atoms with E-state index in [1.54, 1.807) is 19.2 Å². The summed E-state index contributed by atoms with van der Waals surface area (Å²) in [5, 5.41) is 19.3. The number of nitrogen functional groups attached to an aromatic ring is 1. The number of sulfonamides is 1. The molecule has 1 fully saturated rings. The molecule has 14 nitrogen and oxygen atoms in total. The van der Waals surface area contributed by atoms with Gasteiger partial charge in [-0.25, -0.2) is 18.2 Å². The van der Waals surface area contributed by atoms with E-state index in [-0.39, 0.29) is 60.0 Å². The minimum absolute atomic E-state index is 0.0636. The van der Waals surface area contributed by atoms with E-state index in [4.69, 9.17) is 17.3 Å². The zero-order valence-electron chi connectivity index (χ0n) is 29.1. The molecule has 0 saturated carbocycles. The van der Waals surface area contributed by atoms with Crippen molar-refractivity contribution in [1.82, 2.24) is 24.4 Å². The smallest absolute Gasteiger partial charge is 0.328 e. The van der Waals surface area contributed by atoms with E-state index in [0.29, 0.717) is 10.8 Å². The zero-order valence-corrected chi connectivity index (χ0v) is 31.5. The largest absolute Gasteiger partial charge is 0.397 e. The summed E-state index contributed by atoms with van der Waals surface area (Å²) in [7, 11) is -4.16. The number of halogens is 1. The molecule has 5 amide bonds. The highest BCUT2D eigenvalue weighted by atomic mass is 35.5. The number of anilines is 2. The summed E-state index contributed by atoms with van der Waals surface area (Å²) in [4.78, 5) is 58.6. The Morgan fingerprint density at radius 3 is 2.39 bits per heavy atom. The second-order valence-electron chi connectivity index (χ2n) is 13.2. The number of urea groups is 1. The number of rotatable bonds is 16. The fourth-order valence-electron chi connectivity index (χ4n) is 5.75. The molecule has 3 aromatic rings. The first-order chi connectivity index (χ1) is 24.0. The van der Waals surface area contributed by atoms with Crippen molar-refractivity contribution in [2.24, 2.45) is 11.8 Å². The second kappa shape index (κ2) is 17.0. The highest BCUT2D eigenvalue weighted by molar-refractivity contribution is 7.89. The number of aliphatic hydroxyl groups is 1. The van der Waals surface area contributed by atoms with Crippen LogP contribution in [0.3, 0.4) is 0 Å². The molecule has 0 radical (unpaired) electrons. The molecule has 17 heteroatoms. The Bertz CT molecular complexity index is 1840. The Kier molecular flexibility index (Phi) is 13.2. The van der Waals surface area contributed by atoms with Crippen molar-refractivity contribution in [3.63, 3.8) is 0 Å². The Morgan fingerprint density at radius 2 is 1.78 bits per heavy atom. The molecule has 1 aromatic heterocycles. The van der Waals surface area contributed by atoms with Crippen molar-refractivity contribution in [3.8, 4) is 0 Å². The number of nitrogens with one attached hydrogen (secondary N) is 2. The summed E-state index contributed by atoms with van der Waals surface area (Å²) in [5.74, 6) is -2.01. The molecular weight excluding hydrogens is 718 g/mol. The Labute approximate surface area is 307 Å². The topological polar surface area (TPSA) is 195 Å². The molecule has 0 unspecified atom stereocenters. The quantitative estimate of drug-likeness (QED) is 0.125. The first-order valence-electron chi connectivity index (χ1n) is 16.4. The molecule has 1 saturated heterocycles. The molecule has 3 atom stereocenters. The number of hydrogen-bond donors (Lipinski definition) is 4. The standard InChI is InChI=1S/C34H44ClN7O7S2/c1-20(2)15-40(51(48,49)25-11-12-26(35)27(36)14-25)17-29(44)28(13-23-9-7-6-8-10-23)39-32(46)31(21(3)4)42-18-30(45)41(34(42)47)16-24-19-50-33(38-24)37-22(5)43/h6-12,14,19-21,28-29,31,44H,13,15-18,36H2,1-5H3,(H,39,46)(H,37,38,43)/t28-,29-,31-/m0/s1. The van der Waals surface area contributed by atoms with Crippen LogP contribution in [0.5, 0.6) is 0 Å². The third-order valence-corrected chi connectivity index (χ3v) is 11.1. The molecule has 0 spiro atoms. The normalized spacial score (nSPS) is 15.5. The number of hydrogen-bond acceptors (Lipinski definition) is 10. The number of nitrogens with zero attached hydrogens (tertiary/aromatic N) is 4. The van der Waals surface area contributed by atoms with Crippen LogP contribution in [0.4, 0.5) is 15.6 Å². The number of benzene rings is 2. The molecule has 0 bridgehead atoms. The van der Waals surface area contributed by atoms with Crippen LogP contribution >= 0.6 is 22.9 Å². The highest BCUT2D eigenvalue weighted by Crippen LogP contribution is 2.27. The summed E-state index contributed by atoms with van der Waals surface area (Å²) in [6.45, 7) is 7.70. The minimum atomic E-state index is -4.16. The van der Waals surface area contributed by atoms with E-state index in [0.717, 1.165) is 26.1 Å². The third kappa shape index (κ3) is 10.0. The molecule has 1 aliphatic rings. The zero-order chi connectivity index (χ0) is 37.6. The number of aromatic nitrogens is 1. The lowest BCUT2D eigenvalue weighted by molar-refractivity contribution is -0.129. The number of imide groups is 1. The van der Waals surface area contributed by atoms with Crippen molar-refractivity contribution in [3.05, 3.63) is 70.2 Å². The third-order valence-electron chi connectivity index (χ3n) is 8.13. The number of aliphatic hydroxyl groups excluding tert-OH is 1. The average molecular weight is 762 g/mol. The van der Waals surface area contributed by atoms with Gasteiger partial charge >= 0.3 is 6.03 Å². The van der Waals surface area contributed by atoms with Crippen LogP contribution in [0.15, 0.2) is 58.8 Å². The summed E-state index contributed by atoms with van der Waals surface area (Å²) in [6.07, 6.45) is -1.25. The van der Waals surface area contributed by atoms with Crippen molar-refractivity contribution >= 4 is 67.5 Å². The molecule has 1 aliphatic heterocycles. The van der Waals surface area contributed by atoms with Crippen molar-refractivity contribution in [2.45, 2.75) is 70.7 Å². The maximum absolute atomic E-state index is 14.1. The number of carbonyl (C=O) groups is 4. The van der Waals surface area contributed by atoms with Crippen LogP contribution in [0, 0.1) is 11.8 Å². The van der Waals surface area contributed by atoms with Crippen molar-refractivity contribution in [2.75, 3.05) is 30.7 Å². The predicted molar refractivity (Wildman–Crippen MR) is 195 cm³/mol. The van der Waals surface area contributed by atoms with Gasteiger partial charge in [-0.05, 0) is 42.0 Å². The number of carbonyl (C=O) groups excluding carboxylic acids is 4. The maximum Gasteiger partial charge on any atom is 0.328 e. The lowest BCUT2D eigenvalue weighted by atomic mass is 9.97. The summed E-state index contributed by atoms with van der Waals surface area (Å²) in [5.41, 5.74) is 7.17. The Morgan fingerprint density at radius 1 is 1.10 bits per heavy atom. The molecule has 2 aromatic carbocycles. The van der Waals surface area contributed by atoms with Gasteiger partial charge in [-0.1, -0.05) is 69.6 Å². The van der Waals surface area contributed by atoms with Gasteiger partial charge in [0.15, 0.2) is 5.13 Å². The van der Waals surface area contributed by atoms with Gasteiger partial charge in [-0.2, -0.15) is 4.31 Å². The van der Waals surface area contributed by atoms with Gasteiger partial charge in [-0.3, -0.25) is 19.3 Å². The maximum atomic E-state index is 14.1. The highest BCUT2D eigenvalue weighted by Gasteiger charge is 2.44. The molecule has 276 valence electrons. The van der Waals surface area contributed by atoms with Crippen LogP contribution in [-0.2, 0) is 37.4 Å². The van der Waals surface area contributed by atoms with Gasteiger partial charge < -0.3 is 26.4 Å². The van der Waals surface area contributed by atoms with Crippen LogP contribution in [0.2, 0.25) is 5.02 Å². The van der Waals surface area contributed by atoms with Crippen LogP contribution in [0.1, 0.15) is 45.9 Å². The first-order valence-corrected chi connectivity index (χ1v) is 19.1. The first kappa shape index (κ1) is 39.7. The number of nitrogens with two attached hydrogens (primary N) is 1. The molecular formula is C34H44ClN7O7S2. The Balaban J connectivity index is 1.58. The lowest BCUT2D eigenvalue weighted by Crippen LogP contribution is -2.57. The van der Waals surface area contributed by atoms with Crippen molar-refractivity contribution in [1.29, 1.82) is 0 Å². The molecule has 0 aliphatic carbocycles. The summed E-state index contributed by atoms with van der Waals surface area (Å²) in [6, 6.07) is 10.3. The molecule has 51 heavy (non-hydrogen) atoms. The van der Waals surface area contributed by atoms with Gasteiger partial charge in [0.2, 0.25) is 21.8 Å². The van der Waals surface area contributed by atoms with Gasteiger partial charge in [0.25, 0.3) is 5.91 Å². The average Bonchev–Trinajstić information content (AvgIpc) is 3.60. The van der Waals surface area contributed by atoms with Crippen LogP contribution < -0.4 is 16.4 Å². The van der Waals surface area contributed by atoms with Crippen LogP contribution in [-0.4, -0.2) is 94.2 Å². The minimum Gasteiger partial charge on any atom is -0.397 e. The van der Waals surface area contributed by atoms with Crippen LogP contribution in [0.25, 0.3) is 0 Å². The lowest BCUT2D eigenvalue weighted by Gasteiger charge is -2.34. The number of amides is 5. The van der Waals surface area contributed by atoms with E-state index < -0.39 is 52.0 Å². The van der Waals surface area contributed by atoms with Crippen molar-refractivity contribution < 1.29 is 32.7 Å². The SMILES string of the molecule is CC(=O)Nc1nc(CN2C(=O)CN([C@H](C(=O)N[C@@H](Cc3ccccc3)[C@@H](O)CN(CC(C)C)S(=O)(=O)c3ccc(Cl)c(N)c3)C(C)C)C2=O)cs1. The molecule has 4 rings (SSSR count). The summed E-state index contributed by atoms with van der Waals surface area (Å²) < 4.78 is 28.8. The van der Waals surface area contributed by atoms with E-state index >= 15 is 0 Å². The van der Waals surface area contributed by atoms with Gasteiger partial charge in [-0.15, -0.1) is 11.3 Å². The van der Waals surface area contributed by atoms with E-state index in [9.17, 15) is 32.7 Å². The number of thiazole rings is 1. The summed E-state index contributed by atoms with van der Waals surface area (Å²) >= 11 is 7.20.